The van der Waals surface area contributed by atoms with Crippen molar-refractivity contribution in [3.8, 4) is 0 Å². The van der Waals surface area contributed by atoms with Gasteiger partial charge in [0.25, 0.3) is 11.8 Å². The Labute approximate surface area is 196 Å². The third-order valence-electron chi connectivity index (χ3n) is 6.13. The molecule has 9 heteroatoms. The van der Waals surface area contributed by atoms with Crippen molar-refractivity contribution in [2.75, 3.05) is 13.6 Å². The Morgan fingerprint density at radius 2 is 1.76 bits per heavy atom. The molecule has 0 unspecified atom stereocenters. The third-order valence-corrected chi connectivity index (χ3v) is 6.13. The van der Waals surface area contributed by atoms with Crippen LogP contribution in [-0.4, -0.2) is 51.5 Å². The summed E-state index contributed by atoms with van der Waals surface area (Å²) in [6.07, 6.45) is 0.675. The number of hydrogen-bond donors (Lipinski definition) is 2. The van der Waals surface area contributed by atoms with Gasteiger partial charge in [0.1, 0.15) is 17.1 Å². The van der Waals surface area contributed by atoms with E-state index in [1.165, 1.54) is 27.8 Å². The van der Waals surface area contributed by atoms with Crippen molar-refractivity contribution >= 4 is 17.7 Å². The van der Waals surface area contributed by atoms with Gasteiger partial charge < -0.3 is 15.5 Å². The van der Waals surface area contributed by atoms with E-state index in [0.717, 1.165) is 11.1 Å². The molecule has 0 radical (unpaired) electrons. The molecule has 0 fully saturated rings. The highest BCUT2D eigenvalue weighted by Crippen LogP contribution is 2.26. The number of aromatic nitrogens is 2. The van der Waals surface area contributed by atoms with Crippen LogP contribution in [0.2, 0.25) is 0 Å². The van der Waals surface area contributed by atoms with E-state index >= 15 is 0 Å². The number of hydrogen-bond acceptors (Lipinski definition) is 4. The standard InChI is InChI=1S/C25H26FN5O3/c1-25(24(34)28-15-18-8-10-19(26)11-9-18)16-31-21(23(33)30(25)2)14-20(29-31)22(32)27-13-12-17-6-4-3-5-7-17/h3-11,14H,12-13,15-16H2,1-2H3,(H,27,32)(H,28,34)/t25-/m0/s1. The zero-order valence-corrected chi connectivity index (χ0v) is 19.0. The summed E-state index contributed by atoms with van der Waals surface area (Å²) >= 11 is 0. The number of rotatable bonds is 7. The van der Waals surface area contributed by atoms with Gasteiger partial charge in [0.15, 0.2) is 5.69 Å². The lowest BCUT2D eigenvalue weighted by atomic mass is 9.96. The summed E-state index contributed by atoms with van der Waals surface area (Å²) in [5, 5.41) is 9.93. The molecule has 1 aliphatic heterocycles. The molecule has 3 amide bonds. The van der Waals surface area contributed by atoms with Crippen LogP contribution >= 0.6 is 0 Å². The van der Waals surface area contributed by atoms with E-state index in [2.05, 4.69) is 15.7 Å². The van der Waals surface area contributed by atoms with Crippen molar-refractivity contribution in [3.05, 3.63) is 89.0 Å². The van der Waals surface area contributed by atoms with E-state index in [4.69, 9.17) is 0 Å². The molecule has 3 aromatic rings. The molecule has 8 nitrogen and oxygen atoms in total. The zero-order valence-electron chi connectivity index (χ0n) is 19.0. The van der Waals surface area contributed by atoms with Crippen LogP contribution in [0.25, 0.3) is 0 Å². The number of nitrogens with zero attached hydrogens (tertiary/aromatic N) is 3. The summed E-state index contributed by atoms with van der Waals surface area (Å²) in [6.45, 7) is 2.37. The fourth-order valence-electron chi connectivity index (χ4n) is 3.87. The average molecular weight is 464 g/mol. The summed E-state index contributed by atoms with van der Waals surface area (Å²) < 4.78 is 14.5. The van der Waals surface area contributed by atoms with Crippen LogP contribution in [0.3, 0.4) is 0 Å². The third kappa shape index (κ3) is 4.68. The Morgan fingerprint density at radius 1 is 1.06 bits per heavy atom. The zero-order chi connectivity index (χ0) is 24.3. The molecule has 0 spiro atoms. The number of nitrogens with one attached hydrogen (secondary N) is 2. The highest BCUT2D eigenvalue weighted by molar-refractivity contribution is 6.01. The maximum atomic E-state index is 13.1. The van der Waals surface area contributed by atoms with Crippen LogP contribution in [0.4, 0.5) is 4.39 Å². The predicted molar refractivity (Wildman–Crippen MR) is 123 cm³/mol. The van der Waals surface area contributed by atoms with E-state index in [0.29, 0.717) is 13.0 Å². The van der Waals surface area contributed by atoms with Gasteiger partial charge in [-0.15, -0.1) is 0 Å². The fourth-order valence-corrected chi connectivity index (χ4v) is 3.87. The summed E-state index contributed by atoms with van der Waals surface area (Å²) in [5.74, 6) is -1.51. The monoisotopic (exact) mass is 463 g/mol. The molecule has 0 aliphatic carbocycles. The van der Waals surface area contributed by atoms with Crippen molar-refractivity contribution in [2.24, 2.45) is 0 Å². The number of likely N-dealkylation sites (N-methyl/N-ethyl adjacent to an activating group) is 1. The Balaban J connectivity index is 1.42. The Kier molecular flexibility index (Phi) is 6.45. The molecule has 34 heavy (non-hydrogen) atoms. The molecule has 0 bridgehead atoms. The molecule has 1 aliphatic rings. The highest BCUT2D eigenvalue weighted by Gasteiger charge is 2.46. The normalized spacial score (nSPS) is 17.3. The van der Waals surface area contributed by atoms with E-state index in [1.807, 2.05) is 30.3 Å². The number of amides is 3. The van der Waals surface area contributed by atoms with Crippen LogP contribution in [-0.2, 0) is 24.3 Å². The minimum atomic E-state index is -1.21. The first-order valence-electron chi connectivity index (χ1n) is 11.0. The number of carbonyl (C=O) groups is 3. The van der Waals surface area contributed by atoms with Gasteiger partial charge in [-0.05, 0) is 36.6 Å². The maximum absolute atomic E-state index is 13.1. The van der Waals surface area contributed by atoms with E-state index < -0.39 is 11.4 Å². The second kappa shape index (κ2) is 9.46. The molecule has 4 rings (SSSR count). The summed E-state index contributed by atoms with van der Waals surface area (Å²) in [5.41, 5.74) is 1.00. The van der Waals surface area contributed by atoms with Crippen molar-refractivity contribution in [3.63, 3.8) is 0 Å². The number of fused-ring (bicyclic) bond motifs is 1. The Hall–Kier alpha value is -4.01. The molecular weight excluding hydrogens is 437 g/mol. The van der Waals surface area contributed by atoms with Crippen molar-refractivity contribution in [2.45, 2.75) is 32.0 Å². The SMILES string of the molecule is CN1C(=O)c2cc(C(=O)NCCc3ccccc3)nn2C[C@@]1(C)C(=O)NCc1ccc(F)cc1. The van der Waals surface area contributed by atoms with E-state index in [1.54, 1.807) is 26.1 Å². The minimum Gasteiger partial charge on any atom is -0.350 e. The van der Waals surface area contributed by atoms with Gasteiger partial charge in [0.2, 0.25) is 5.91 Å². The van der Waals surface area contributed by atoms with Crippen LogP contribution in [0.15, 0.2) is 60.7 Å². The highest BCUT2D eigenvalue weighted by atomic mass is 19.1. The maximum Gasteiger partial charge on any atom is 0.272 e. The minimum absolute atomic E-state index is 0.0944. The molecule has 176 valence electrons. The van der Waals surface area contributed by atoms with Gasteiger partial charge in [0, 0.05) is 26.2 Å². The fraction of sp³-hybridized carbons (Fsp3) is 0.280. The average Bonchev–Trinajstić information content (AvgIpc) is 3.26. The topological polar surface area (TPSA) is 96.3 Å². The van der Waals surface area contributed by atoms with Crippen molar-refractivity contribution < 1.29 is 18.8 Å². The first-order chi connectivity index (χ1) is 16.3. The van der Waals surface area contributed by atoms with Crippen LogP contribution in [0.5, 0.6) is 0 Å². The second-order valence-electron chi connectivity index (χ2n) is 8.51. The molecule has 2 aromatic carbocycles. The van der Waals surface area contributed by atoms with Gasteiger partial charge in [0.05, 0.1) is 6.54 Å². The largest absolute Gasteiger partial charge is 0.350 e. The molecule has 0 saturated carbocycles. The van der Waals surface area contributed by atoms with Crippen LogP contribution in [0, 0.1) is 5.82 Å². The van der Waals surface area contributed by atoms with E-state index in [9.17, 15) is 18.8 Å². The molecule has 1 atom stereocenters. The Bertz CT molecular complexity index is 1210. The summed E-state index contributed by atoms with van der Waals surface area (Å²) in [6, 6.07) is 17.0. The molecular formula is C25H26FN5O3. The van der Waals surface area contributed by atoms with Gasteiger partial charge in [-0.25, -0.2) is 4.39 Å². The molecule has 2 N–H and O–H groups in total. The lowest BCUT2D eigenvalue weighted by molar-refractivity contribution is -0.132. The molecule has 0 saturated heterocycles. The first kappa shape index (κ1) is 23.2. The van der Waals surface area contributed by atoms with Crippen LogP contribution < -0.4 is 10.6 Å². The smallest absolute Gasteiger partial charge is 0.272 e. The lowest BCUT2D eigenvalue weighted by Gasteiger charge is -2.40. The van der Waals surface area contributed by atoms with Crippen LogP contribution in [0.1, 0.15) is 39.0 Å². The number of benzene rings is 2. The number of halogens is 1. The van der Waals surface area contributed by atoms with Gasteiger partial charge >= 0.3 is 0 Å². The first-order valence-corrected chi connectivity index (χ1v) is 11.0. The number of carbonyl (C=O) groups excluding carboxylic acids is 3. The Morgan fingerprint density at radius 3 is 2.47 bits per heavy atom. The van der Waals surface area contributed by atoms with Gasteiger partial charge in [-0.3, -0.25) is 19.1 Å². The van der Waals surface area contributed by atoms with E-state index in [-0.39, 0.29) is 42.1 Å². The summed E-state index contributed by atoms with van der Waals surface area (Å²) in [7, 11) is 1.55. The van der Waals surface area contributed by atoms with Gasteiger partial charge in [-0.2, -0.15) is 5.10 Å². The van der Waals surface area contributed by atoms with Crippen molar-refractivity contribution in [1.29, 1.82) is 0 Å². The van der Waals surface area contributed by atoms with Gasteiger partial charge in [-0.1, -0.05) is 42.5 Å². The predicted octanol–water partition coefficient (Wildman–Crippen LogP) is 2.16. The lowest BCUT2D eigenvalue weighted by Crippen LogP contribution is -2.62. The molecule has 2 heterocycles. The second-order valence-corrected chi connectivity index (χ2v) is 8.51. The molecule has 1 aromatic heterocycles. The summed E-state index contributed by atoms with van der Waals surface area (Å²) in [4.78, 5) is 40.0. The van der Waals surface area contributed by atoms with Crippen molar-refractivity contribution in [1.82, 2.24) is 25.3 Å². The quantitative estimate of drug-likeness (QED) is 0.561.